The lowest BCUT2D eigenvalue weighted by atomic mass is 10.2. The lowest BCUT2D eigenvalue weighted by Gasteiger charge is -1.99. The van der Waals surface area contributed by atoms with Gasteiger partial charge in [-0.15, -0.1) is 11.3 Å². The number of fused-ring (bicyclic) bond motifs is 2. The molecule has 0 bridgehead atoms. The van der Waals surface area contributed by atoms with Crippen LogP contribution in [-0.2, 0) is 4.79 Å². The van der Waals surface area contributed by atoms with E-state index in [0.29, 0.717) is 15.9 Å². The molecule has 126 valence electrons. The summed E-state index contributed by atoms with van der Waals surface area (Å²) >= 11 is 10.4. The zero-order chi connectivity index (χ0) is 17.4. The molecule has 0 saturated heterocycles. The summed E-state index contributed by atoms with van der Waals surface area (Å²) in [5.74, 6) is 0.210. The van der Waals surface area contributed by atoms with Crippen LogP contribution in [-0.4, -0.2) is 21.6 Å². The van der Waals surface area contributed by atoms with E-state index >= 15 is 0 Å². The molecule has 4 aromatic rings. The monoisotopic (exact) mass is 405 g/mol. The lowest BCUT2D eigenvalue weighted by molar-refractivity contribution is -0.113. The molecule has 2 aromatic carbocycles. The molecule has 0 spiro atoms. The fourth-order valence-electron chi connectivity index (χ4n) is 2.36. The summed E-state index contributed by atoms with van der Waals surface area (Å²) in [5.41, 5.74) is 2.91. The van der Waals surface area contributed by atoms with Crippen molar-refractivity contribution < 1.29 is 4.79 Å². The van der Waals surface area contributed by atoms with Crippen LogP contribution >= 0.6 is 46.0 Å². The number of aryl methyl sites for hydroxylation is 1. The summed E-state index contributed by atoms with van der Waals surface area (Å²) in [7, 11) is 0. The number of rotatable bonds is 4. The van der Waals surface area contributed by atoms with Gasteiger partial charge in [-0.1, -0.05) is 46.8 Å². The van der Waals surface area contributed by atoms with Gasteiger partial charge in [0.2, 0.25) is 5.91 Å². The van der Waals surface area contributed by atoms with E-state index in [1.807, 2.05) is 43.3 Å². The van der Waals surface area contributed by atoms with E-state index in [2.05, 4.69) is 15.3 Å². The van der Waals surface area contributed by atoms with Crippen LogP contribution in [0.2, 0.25) is 5.02 Å². The molecule has 4 rings (SSSR count). The lowest BCUT2D eigenvalue weighted by Crippen LogP contribution is -2.13. The second-order valence-electron chi connectivity index (χ2n) is 5.37. The van der Waals surface area contributed by atoms with Gasteiger partial charge < -0.3 is 5.32 Å². The fraction of sp³-hybridized carbons (Fsp3) is 0.118. The highest BCUT2D eigenvalue weighted by atomic mass is 35.5. The highest BCUT2D eigenvalue weighted by Gasteiger charge is 2.11. The van der Waals surface area contributed by atoms with E-state index in [4.69, 9.17) is 11.6 Å². The molecule has 8 heteroatoms. The quantitative estimate of drug-likeness (QED) is 0.449. The molecule has 4 nitrogen and oxygen atoms in total. The molecular weight excluding hydrogens is 394 g/mol. The van der Waals surface area contributed by atoms with Crippen LogP contribution in [0.15, 0.2) is 40.7 Å². The third kappa shape index (κ3) is 3.64. The maximum absolute atomic E-state index is 12.2. The molecule has 0 fully saturated rings. The number of carbonyl (C=O) groups excluding carboxylic acids is 1. The third-order valence-electron chi connectivity index (χ3n) is 3.52. The number of nitrogens with one attached hydrogen (secondary N) is 1. The van der Waals surface area contributed by atoms with E-state index in [1.54, 1.807) is 11.3 Å². The maximum Gasteiger partial charge on any atom is 0.236 e. The number of hydrogen-bond acceptors (Lipinski definition) is 6. The molecule has 1 amide bonds. The second-order valence-corrected chi connectivity index (χ2v) is 9.09. The Kier molecular flexibility index (Phi) is 4.64. The summed E-state index contributed by atoms with van der Waals surface area (Å²) in [5, 5.41) is 4.17. The first-order valence-corrected chi connectivity index (χ1v) is 10.4. The van der Waals surface area contributed by atoms with Crippen LogP contribution in [0.3, 0.4) is 0 Å². The smallest absolute Gasteiger partial charge is 0.236 e. The number of halogens is 1. The number of amides is 1. The fourth-order valence-corrected chi connectivity index (χ4v) is 5.34. The molecule has 0 aliphatic heterocycles. The summed E-state index contributed by atoms with van der Waals surface area (Å²) < 4.78 is 2.99. The minimum Gasteiger partial charge on any atom is -0.301 e. The Bertz CT molecular complexity index is 1090. The van der Waals surface area contributed by atoms with Crippen LogP contribution in [0.1, 0.15) is 5.56 Å². The van der Waals surface area contributed by atoms with Crippen LogP contribution in [0.5, 0.6) is 0 Å². The summed E-state index contributed by atoms with van der Waals surface area (Å²) in [6.45, 7) is 2.02. The Morgan fingerprint density at radius 2 is 2.08 bits per heavy atom. The minimum absolute atomic E-state index is 0.0843. The van der Waals surface area contributed by atoms with Gasteiger partial charge in [0.25, 0.3) is 0 Å². The van der Waals surface area contributed by atoms with Crippen LogP contribution < -0.4 is 5.32 Å². The normalized spacial score (nSPS) is 11.3. The van der Waals surface area contributed by atoms with Crippen molar-refractivity contribution in [2.75, 3.05) is 11.1 Å². The molecule has 0 unspecified atom stereocenters. The van der Waals surface area contributed by atoms with Gasteiger partial charge in [0.1, 0.15) is 0 Å². The molecule has 2 aromatic heterocycles. The average Bonchev–Trinajstić information content (AvgIpc) is 3.16. The Morgan fingerprint density at radius 1 is 1.20 bits per heavy atom. The highest BCUT2D eigenvalue weighted by molar-refractivity contribution is 8.01. The Labute approximate surface area is 161 Å². The predicted octanol–water partition coefficient (Wildman–Crippen LogP) is 5.60. The van der Waals surface area contributed by atoms with Gasteiger partial charge in [0, 0.05) is 5.02 Å². The van der Waals surface area contributed by atoms with E-state index in [-0.39, 0.29) is 5.91 Å². The maximum atomic E-state index is 12.2. The van der Waals surface area contributed by atoms with Gasteiger partial charge >= 0.3 is 0 Å². The van der Waals surface area contributed by atoms with Crippen LogP contribution in [0.25, 0.3) is 20.4 Å². The van der Waals surface area contributed by atoms with Crippen molar-refractivity contribution in [3.8, 4) is 0 Å². The average molecular weight is 406 g/mol. The predicted molar refractivity (Wildman–Crippen MR) is 108 cm³/mol. The van der Waals surface area contributed by atoms with Crippen molar-refractivity contribution in [3.05, 3.63) is 47.0 Å². The van der Waals surface area contributed by atoms with Crippen molar-refractivity contribution in [3.63, 3.8) is 0 Å². The zero-order valence-corrected chi connectivity index (χ0v) is 16.3. The first-order chi connectivity index (χ1) is 12.1. The molecule has 0 atom stereocenters. The van der Waals surface area contributed by atoms with E-state index < -0.39 is 0 Å². The standard InChI is InChI=1S/C17H12ClN3OS3/c1-9-3-2-4-13-15(9)21-16(24-13)20-14(22)8-23-17-19-11-7-10(18)5-6-12(11)25-17/h2-7H,8H2,1H3,(H,20,21,22). The molecule has 25 heavy (non-hydrogen) atoms. The number of aromatic nitrogens is 2. The van der Waals surface area contributed by atoms with Gasteiger partial charge in [-0.25, -0.2) is 9.97 Å². The number of para-hydroxylation sites is 1. The highest BCUT2D eigenvalue weighted by Crippen LogP contribution is 2.31. The summed E-state index contributed by atoms with van der Waals surface area (Å²) in [6.07, 6.45) is 0. The molecular formula is C17H12ClN3OS3. The summed E-state index contributed by atoms with van der Waals surface area (Å²) in [4.78, 5) is 21.2. The van der Waals surface area contributed by atoms with Gasteiger partial charge in [-0.2, -0.15) is 0 Å². The van der Waals surface area contributed by atoms with Crippen molar-refractivity contribution in [2.45, 2.75) is 11.3 Å². The van der Waals surface area contributed by atoms with Crippen molar-refractivity contribution in [1.29, 1.82) is 0 Å². The Balaban J connectivity index is 1.43. The SMILES string of the molecule is Cc1cccc2sc(NC(=O)CSc3nc4cc(Cl)ccc4s3)nc12. The topological polar surface area (TPSA) is 54.9 Å². The van der Waals surface area contributed by atoms with E-state index in [9.17, 15) is 4.79 Å². The molecule has 0 aliphatic carbocycles. The van der Waals surface area contributed by atoms with Crippen molar-refractivity contribution in [2.24, 2.45) is 0 Å². The van der Waals surface area contributed by atoms with Crippen LogP contribution in [0.4, 0.5) is 5.13 Å². The number of anilines is 1. The first-order valence-electron chi connectivity index (χ1n) is 7.43. The molecule has 2 heterocycles. The zero-order valence-electron chi connectivity index (χ0n) is 13.1. The van der Waals surface area contributed by atoms with Gasteiger partial charge in [-0.05, 0) is 36.8 Å². The van der Waals surface area contributed by atoms with E-state index in [0.717, 1.165) is 30.3 Å². The van der Waals surface area contributed by atoms with Crippen LogP contribution in [0, 0.1) is 6.92 Å². The molecule has 0 saturated carbocycles. The number of nitrogens with zero attached hydrogens (tertiary/aromatic N) is 2. The molecule has 1 N–H and O–H groups in total. The minimum atomic E-state index is -0.0843. The summed E-state index contributed by atoms with van der Waals surface area (Å²) in [6, 6.07) is 11.7. The molecule has 0 radical (unpaired) electrons. The number of hydrogen-bond donors (Lipinski definition) is 1. The van der Waals surface area contributed by atoms with Crippen molar-refractivity contribution >= 4 is 77.5 Å². The third-order valence-corrected chi connectivity index (χ3v) is 6.87. The Hall–Kier alpha value is -1.67. The number of thiazole rings is 2. The largest absolute Gasteiger partial charge is 0.301 e. The molecule has 0 aliphatic rings. The van der Waals surface area contributed by atoms with Gasteiger partial charge in [0.05, 0.1) is 26.2 Å². The number of benzene rings is 2. The van der Waals surface area contributed by atoms with Crippen molar-refractivity contribution in [1.82, 2.24) is 9.97 Å². The van der Waals surface area contributed by atoms with Gasteiger partial charge in [-0.3, -0.25) is 4.79 Å². The van der Waals surface area contributed by atoms with E-state index in [1.165, 1.54) is 23.1 Å². The second kappa shape index (κ2) is 6.92. The first kappa shape index (κ1) is 16.8. The number of carbonyl (C=O) groups is 1. The number of thioether (sulfide) groups is 1. The Morgan fingerprint density at radius 3 is 2.92 bits per heavy atom. The van der Waals surface area contributed by atoms with Gasteiger partial charge in [0.15, 0.2) is 9.47 Å².